The number of likely N-dealkylation sites (tertiary alicyclic amines) is 2. The summed E-state index contributed by atoms with van der Waals surface area (Å²) in [5.74, 6) is -14.3. The first-order chi connectivity index (χ1) is 23.4. The highest BCUT2D eigenvalue weighted by molar-refractivity contribution is 6.39. The van der Waals surface area contributed by atoms with Gasteiger partial charge in [-0.2, -0.15) is 0 Å². The summed E-state index contributed by atoms with van der Waals surface area (Å²) in [6.45, 7) is 8.72. The van der Waals surface area contributed by atoms with Gasteiger partial charge in [-0.05, 0) is 75.5 Å². The van der Waals surface area contributed by atoms with Gasteiger partial charge in [0.1, 0.15) is 12.1 Å². The molecule has 11 unspecified atom stereocenters. The number of carboxylic acid groups (broad SMARTS) is 2. The van der Waals surface area contributed by atoms with Gasteiger partial charge in [-0.25, -0.2) is 9.59 Å². The van der Waals surface area contributed by atoms with Crippen LogP contribution in [0.4, 0.5) is 0 Å². The molecule has 0 aliphatic carbocycles. The third kappa shape index (κ3) is 7.76. The highest BCUT2D eigenvalue weighted by atomic mass is 16.7. The van der Waals surface area contributed by atoms with E-state index in [2.05, 4.69) is 0 Å². The summed E-state index contributed by atoms with van der Waals surface area (Å²) in [7, 11) is 1.51. The second-order valence-electron chi connectivity index (χ2n) is 15.2. The molecule has 4 saturated heterocycles. The molecule has 0 aromatic heterocycles. The minimum Gasteiger partial charge on any atom is -0.480 e. The zero-order valence-corrected chi connectivity index (χ0v) is 29.9. The minimum atomic E-state index is -2.45. The van der Waals surface area contributed by atoms with Crippen LogP contribution in [0.25, 0.3) is 0 Å². The summed E-state index contributed by atoms with van der Waals surface area (Å²) in [6.07, 6.45) is 1.45. The molecule has 4 aliphatic rings. The number of rotatable bonds is 11. The molecule has 4 rings (SSSR count). The summed E-state index contributed by atoms with van der Waals surface area (Å²) in [5, 5.41) is 42.6. The fourth-order valence-corrected chi connectivity index (χ4v) is 8.21. The molecule has 0 spiro atoms. The number of carbonyl (C=O) groups is 6. The second kappa shape index (κ2) is 15.7. The standard InChI is InChI=1S/C35H54N2O13/c1-18(2)27-26(48-6)16-21(5)35(47,50-27)29(39)31(41)37-14-12-22(17-24(37)33(44)45)15-19(3)25-11-10-20(4)34(46,49-25)28(38)30(40)36-13-8-7-9-23(36)32(42)43/h18-27,46-47H,7-17H2,1-6H3,(H,42,43)(H,44,45). The van der Waals surface area contributed by atoms with Gasteiger partial charge in [-0.1, -0.05) is 34.6 Å². The Morgan fingerprint density at radius 2 is 1.34 bits per heavy atom. The van der Waals surface area contributed by atoms with Crippen LogP contribution >= 0.6 is 0 Å². The van der Waals surface area contributed by atoms with E-state index in [-0.39, 0.29) is 50.1 Å². The average Bonchev–Trinajstić information content (AvgIpc) is 3.08. The molecule has 11 atom stereocenters. The number of carboxylic acids is 2. The quantitative estimate of drug-likeness (QED) is 0.224. The zero-order valence-electron chi connectivity index (χ0n) is 29.9. The number of nitrogens with zero attached hydrogens (tertiary/aromatic N) is 2. The van der Waals surface area contributed by atoms with E-state index < -0.39 is 89.1 Å². The first-order valence-electron chi connectivity index (χ1n) is 17.9. The number of ether oxygens (including phenoxy) is 3. The maximum absolute atomic E-state index is 13.6. The molecule has 2 amide bonds. The van der Waals surface area contributed by atoms with Crippen molar-refractivity contribution < 1.29 is 63.4 Å². The van der Waals surface area contributed by atoms with Crippen LogP contribution in [-0.2, 0) is 43.0 Å². The van der Waals surface area contributed by atoms with Crippen LogP contribution in [-0.4, -0.2) is 128 Å². The molecule has 15 nitrogen and oxygen atoms in total. The van der Waals surface area contributed by atoms with Gasteiger partial charge in [0.25, 0.3) is 23.4 Å². The van der Waals surface area contributed by atoms with Crippen molar-refractivity contribution in [1.29, 1.82) is 0 Å². The predicted molar refractivity (Wildman–Crippen MR) is 174 cm³/mol. The lowest BCUT2D eigenvalue weighted by molar-refractivity contribution is -0.293. The Morgan fingerprint density at radius 1 is 0.760 bits per heavy atom. The number of carbonyl (C=O) groups excluding carboxylic acids is 4. The number of hydrogen-bond donors (Lipinski definition) is 4. The fraction of sp³-hybridized carbons (Fsp3) is 0.829. The molecule has 0 saturated carbocycles. The smallest absolute Gasteiger partial charge is 0.326 e. The van der Waals surface area contributed by atoms with Crippen molar-refractivity contribution in [2.24, 2.45) is 29.6 Å². The number of ketones is 2. The van der Waals surface area contributed by atoms with Gasteiger partial charge >= 0.3 is 11.9 Å². The Kier molecular flexibility index (Phi) is 12.5. The van der Waals surface area contributed by atoms with E-state index in [1.165, 1.54) is 7.11 Å². The summed E-state index contributed by atoms with van der Waals surface area (Å²) in [5.41, 5.74) is 0. The normalized spacial score (nSPS) is 37.2. The number of piperidine rings is 2. The van der Waals surface area contributed by atoms with E-state index in [0.717, 1.165) is 9.80 Å². The van der Waals surface area contributed by atoms with Crippen molar-refractivity contribution >= 4 is 35.3 Å². The molecule has 0 radical (unpaired) electrons. The van der Waals surface area contributed by atoms with Gasteiger partial charge in [0.15, 0.2) is 0 Å². The summed E-state index contributed by atoms with van der Waals surface area (Å²) < 4.78 is 17.3. The Bertz CT molecular complexity index is 1320. The number of hydrogen-bond acceptors (Lipinski definition) is 11. The largest absolute Gasteiger partial charge is 0.480 e. The van der Waals surface area contributed by atoms with Gasteiger partial charge in [-0.3, -0.25) is 19.2 Å². The van der Waals surface area contributed by atoms with E-state index in [4.69, 9.17) is 14.2 Å². The van der Waals surface area contributed by atoms with Gasteiger partial charge in [0, 0.05) is 32.0 Å². The molecule has 0 bridgehead atoms. The number of aliphatic hydroxyl groups is 2. The zero-order chi connectivity index (χ0) is 37.3. The van der Waals surface area contributed by atoms with E-state index in [1.54, 1.807) is 13.8 Å². The molecule has 0 aromatic rings. The number of aliphatic carboxylic acids is 2. The molecular formula is C35H54N2O13. The van der Waals surface area contributed by atoms with Gasteiger partial charge in [0.05, 0.1) is 18.3 Å². The molecule has 4 N–H and O–H groups in total. The molecule has 4 fully saturated rings. The number of methoxy groups -OCH3 is 1. The fourth-order valence-electron chi connectivity index (χ4n) is 8.21. The minimum absolute atomic E-state index is 0.0181. The first kappa shape index (κ1) is 39.8. The highest BCUT2D eigenvalue weighted by Crippen LogP contribution is 2.41. The molecule has 4 aliphatic heterocycles. The Morgan fingerprint density at radius 3 is 1.90 bits per heavy atom. The third-order valence-corrected chi connectivity index (χ3v) is 11.5. The van der Waals surface area contributed by atoms with Crippen molar-refractivity contribution in [2.75, 3.05) is 20.2 Å². The van der Waals surface area contributed by atoms with Crippen LogP contribution in [0, 0.1) is 29.6 Å². The molecule has 282 valence electrons. The lowest BCUT2D eigenvalue weighted by Crippen LogP contribution is -2.63. The van der Waals surface area contributed by atoms with Crippen molar-refractivity contribution in [3.63, 3.8) is 0 Å². The maximum atomic E-state index is 13.6. The van der Waals surface area contributed by atoms with Gasteiger partial charge < -0.3 is 44.4 Å². The third-order valence-electron chi connectivity index (χ3n) is 11.5. The van der Waals surface area contributed by atoms with E-state index in [0.29, 0.717) is 38.5 Å². The van der Waals surface area contributed by atoms with Crippen LogP contribution < -0.4 is 0 Å². The Balaban J connectivity index is 1.42. The monoisotopic (exact) mass is 710 g/mol. The SMILES string of the molecule is COC1CC(C)C(O)(C(=O)C(=O)N2CCC(CC(C)C3CCC(C)C(O)(C(=O)C(=O)N4CCCCC4C(=O)O)O3)CC2C(=O)O)OC1C(C)C. The Hall–Kier alpha value is -2.98. The van der Waals surface area contributed by atoms with E-state index >= 15 is 0 Å². The topological polar surface area (TPSA) is 218 Å². The lowest BCUT2D eigenvalue weighted by Gasteiger charge is -2.46. The first-order valence-corrected chi connectivity index (χ1v) is 17.9. The Labute approximate surface area is 292 Å². The van der Waals surface area contributed by atoms with E-state index in [1.807, 2.05) is 20.8 Å². The molecule has 0 aromatic carbocycles. The molecule has 50 heavy (non-hydrogen) atoms. The lowest BCUT2D eigenvalue weighted by atomic mass is 9.78. The summed E-state index contributed by atoms with van der Waals surface area (Å²) in [4.78, 5) is 80.0. The van der Waals surface area contributed by atoms with Gasteiger partial charge in [-0.15, -0.1) is 0 Å². The maximum Gasteiger partial charge on any atom is 0.326 e. The van der Waals surface area contributed by atoms with Crippen molar-refractivity contribution in [2.45, 2.75) is 134 Å². The number of amides is 2. The molecular weight excluding hydrogens is 656 g/mol. The second-order valence-corrected chi connectivity index (χ2v) is 15.2. The van der Waals surface area contributed by atoms with Gasteiger partial charge in [0.2, 0.25) is 11.6 Å². The van der Waals surface area contributed by atoms with Crippen LogP contribution in [0.1, 0.15) is 92.4 Å². The number of Topliss-reactive ketones (excluding diaryl/α,β-unsaturated/α-hetero) is 2. The van der Waals surface area contributed by atoms with Crippen LogP contribution in [0.3, 0.4) is 0 Å². The summed E-state index contributed by atoms with van der Waals surface area (Å²) in [6, 6.07) is -2.50. The van der Waals surface area contributed by atoms with Crippen LogP contribution in [0.2, 0.25) is 0 Å². The molecule has 15 heteroatoms. The average molecular weight is 711 g/mol. The van der Waals surface area contributed by atoms with Crippen molar-refractivity contribution in [3.8, 4) is 0 Å². The van der Waals surface area contributed by atoms with Crippen LogP contribution in [0.5, 0.6) is 0 Å². The molecule has 4 heterocycles. The van der Waals surface area contributed by atoms with Crippen molar-refractivity contribution in [3.05, 3.63) is 0 Å². The predicted octanol–water partition coefficient (Wildman–Crippen LogP) is 1.60. The summed E-state index contributed by atoms with van der Waals surface area (Å²) >= 11 is 0. The highest BCUT2D eigenvalue weighted by Gasteiger charge is 2.56. The van der Waals surface area contributed by atoms with Crippen LogP contribution in [0.15, 0.2) is 0 Å². The van der Waals surface area contributed by atoms with Crippen molar-refractivity contribution in [1.82, 2.24) is 9.80 Å². The van der Waals surface area contributed by atoms with E-state index in [9.17, 15) is 49.2 Å².